The van der Waals surface area contributed by atoms with Gasteiger partial charge in [-0.3, -0.25) is 4.79 Å². The van der Waals surface area contributed by atoms with E-state index in [4.69, 9.17) is 0 Å². The van der Waals surface area contributed by atoms with Crippen molar-refractivity contribution in [3.05, 3.63) is 28.5 Å². The molecule has 1 aliphatic heterocycles. The zero-order valence-electron chi connectivity index (χ0n) is 9.35. The van der Waals surface area contributed by atoms with Crippen molar-refractivity contribution in [2.75, 3.05) is 11.5 Å². The Bertz CT molecular complexity index is 472. The van der Waals surface area contributed by atoms with E-state index < -0.39 is 17.4 Å². The van der Waals surface area contributed by atoms with Crippen LogP contribution < -0.4 is 5.32 Å². The van der Waals surface area contributed by atoms with E-state index in [1.165, 1.54) is 18.0 Å². The monoisotopic (exact) mass is 330 g/mol. The van der Waals surface area contributed by atoms with Crippen molar-refractivity contribution in [3.63, 3.8) is 0 Å². The number of rotatable bonds is 3. The van der Waals surface area contributed by atoms with Gasteiger partial charge in [-0.15, -0.1) is 0 Å². The molecule has 1 aromatic heterocycles. The lowest BCUT2D eigenvalue weighted by Gasteiger charge is -2.24. The van der Waals surface area contributed by atoms with Crippen molar-refractivity contribution in [1.82, 2.24) is 10.3 Å². The molecule has 1 amide bonds. The maximum Gasteiger partial charge on any atom is 0.330 e. The van der Waals surface area contributed by atoms with Crippen molar-refractivity contribution in [1.29, 1.82) is 0 Å². The average molecular weight is 331 g/mol. The van der Waals surface area contributed by atoms with Gasteiger partial charge in [-0.1, -0.05) is 0 Å². The second-order valence-electron chi connectivity index (χ2n) is 4.01. The second-order valence-corrected chi connectivity index (χ2v) is 6.03. The Kier molecular flexibility index (Phi) is 3.91. The number of carboxylic acids is 1. The Morgan fingerprint density at radius 1 is 1.50 bits per heavy atom. The molecule has 1 atom stereocenters. The second kappa shape index (κ2) is 5.27. The number of nitrogens with one attached hydrogen (secondary N) is 1. The minimum atomic E-state index is -1.16. The minimum Gasteiger partial charge on any atom is -0.479 e. The zero-order chi connectivity index (χ0) is 13.2. The van der Waals surface area contributed by atoms with Gasteiger partial charge >= 0.3 is 5.97 Å². The SMILES string of the molecule is O=C(N[C@@]1(C(=O)O)CCSC1)c1ccc(Br)cn1. The van der Waals surface area contributed by atoms with Gasteiger partial charge in [0.05, 0.1) is 0 Å². The summed E-state index contributed by atoms with van der Waals surface area (Å²) < 4.78 is 0.767. The number of hydrogen-bond acceptors (Lipinski definition) is 4. The van der Waals surface area contributed by atoms with Crippen molar-refractivity contribution in [2.24, 2.45) is 0 Å². The number of carbonyl (C=O) groups excluding carboxylic acids is 1. The highest BCUT2D eigenvalue weighted by Crippen LogP contribution is 2.28. The van der Waals surface area contributed by atoms with Crippen molar-refractivity contribution in [3.8, 4) is 0 Å². The molecule has 1 aromatic rings. The van der Waals surface area contributed by atoms with Crippen LogP contribution in [0.1, 0.15) is 16.9 Å². The Labute approximate surface area is 116 Å². The molecule has 1 aliphatic rings. The fourth-order valence-electron chi connectivity index (χ4n) is 1.68. The predicted octanol–water partition coefficient (Wildman–Crippen LogP) is 1.53. The first-order valence-corrected chi connectivity index (χ1v) is 7.23. The van der Waals surface area contributed by atoms with E-state index in [0.717, 1.165) is 10.2 Å². The molecule has 2 rings (SSSR count). The molecule has 1 fully saturated rings. The van der Waals surface area contributed by atoms with Gasteiger partial charge in [0.15, 0.2) is 0 Å². The van der Waals surface area contributed by atoms with Crippen LogP contribution in [0.2, 0.25) is 0 Å². The number of halogens is 1. The number of nitrogens with zero attached hydrogens (tertiary/aromatic N) is 1. The molecule has 0 unspecified atom stereocenters. The lowest BCUT2D eigenvalue weighted by Crippen LogP contribution is -2.54. The van der Waals surface area contributed by atoms with E-state index in [-0.39, 0.29) is 5.69 Å². The first kappa shape index (κ1) is 13.4. The van der Waals surface area contributed by atoms with Crippen LogP contribution in [-0.4, -0.2) is 39.0 Å². The highest BCUT2D eigenvalue weighted by molar-refractivity contribution is 9.10. The van der Waals surface area contributed by atoms with Gasteiger partial charge in [0.2, 0.25) is 0 Å². The maximum atomic E-state index is 12.0. The Balaban J connectivity index is 2.15. The number of carboxylic acid groups (broad SMARTS) is 1. The first-order chi connectivity index (χ1) is 8.53. The molecule has 5 nitrogen and oxygen atoms in total. The van der Waals surface area contributed by atoms with Crippen molar-refractivity contribution in [2.45, 2.75) is 12.0 Å². The third kappa shape index (κ3) is 2.67. The molecule has 2 heterocycles. The lowest BCUT2D eigenvalue weighted by atomic mass is 9.99. The molecular weight excluding hydrogens is 320 g/mol. The Morgan fingerprint density at radius 2 is 2.28 bits per heavy atom. The Hall–Kier alpha value is -1.08. The van der Waals surface area contributed by atoms with Gasteiger partial charge in [0.1, 0.15) is 11.2 Å². The van der Waals surface area contributed by atoms with Gasteiger partial charge in [0, 0.05) is 16.4 Å². The molecular formula is C11H11BrN2O3S. The number of aromatic nitrogens is 1. The zero-order valence-corrected chi connectivity index (χ0v) is 11.8. The summed E-state index contributed by atoms with van der Waals surface area (Å²) in [4.78, 5) is 27.2. The third-order valence-corrected chi connectivity index (χ3v) is 4.40. The molecule has 1 saturated heterocycles. The lowest BCUT2D eigenvalue weighted by molar-refractivity contribution is -0.143. The van der Waals surface area contributed by atoms with Crippen LogP contribution >= 0.6 is 27.7 Å². The van der Waals surface area contributed by atoms with Crippen LogP contribution in [0, 0.1) is 0 Å². The summed E-state index contributed by atoms with van der Waals surface area (Å²) >= 11 is 4.75. The highest BCUT2D eigenvalue weighted by atomic mass is 79.9. The normalized spacial score (nSPS) is 22.7. The number of aliphatic carboxylic acids is 1. The van der Waals surface area contributed by atoms with Gasteiger partial charge in [0.25, 0.3) is 5.91 Å². The summed E-state index contributed by atoms with van der Waals surface area (Å²) in [5.41, 5.74) is -0.938. The number of thioether (sulfide) groups is 1. The fraction of sp³-hybridized carbons (Fsp3) is 0.364. The quantitative estimate of drug-likeness (QED) is 0.878. The summed E-state index contributed by atoms with van der Waals surface area (Å²) in [6, 6.07) is 3.25. The van der Waals surface area contributed by atoms with Gasteiger partial charge in [-0.2, -0.15) is 11.8 Å². The molecule has 0 spiro atoms. The fourth-order valence-corrected chi connectivity index (χ4v) is 3.24. The van der Waals surface area contributed by atoms with Crippen LogP contribution in [-0.2, 0) is 4.79 Å². The van der Waals surface area contributed by atoms with Crippen LogP contribution in [0.3, 0.4) is 0 Å². The summed E-state index contributed by atoms with van der Waals surface area (Å²) in [6.07, 6.45) is 1.95. The van der Waals surface area contributed by atoms with E-state index >= 15 is 0 Å². The molecule has 0 saturated carbocycles. The molecule has 0 radical (unpaired) electrons. The van der Waals surface area contributed by atoms with Gasteiger partial charge in [-0.25, -0.2) is 9.78 Å². The first-order valence-electron chi connectivity index (χ1n) is 5.29. The smallest absolute Gasteiger partial charge is 0.330 e. The Morgan fingerprint density at radius 3 is 2.78 bits per heavy atom. The van der Waals surface area contributed by atoms with Crippen molar-refractivity contribution >= 4 is 39.6 Å². The number of hydrogen-bond donors (Lipinski definition) is 2. The molecule has 18 heavy (non-hydrogen) atoms. The molecule has 0 aromatic carbocycles. The predicted molar refractivity (Wildman–Crippen MR) is 71.7 cm³/mol. The maximum absolute atomic E-state index is 12.0. The molecule has 2 N–H and O–H groups in total. The summed E-state index contributed by atoms with van der Waals surface area (Å²) in [6.45, 7) is 0. The number of carbonyl (C=O) groups is 2. The molecule has 7 heteroatoms. The van der Waals surface area contributed by atoms with Crippen LogP contribution in [0.5, 0.6) is 0 Å². The van der Waals surface area contributed by atoms with Gasteiger partial charge in [-0.05, 0) is 40.2 Å². The minimum absolute atomic E-state index is 0.218. The molecule has 0 aliphatic carbocycles. The molecule has 96 valence electrons. The van der Waals surface area contributed by atoms with Crippen LogP contribution in [0.4, 0.5) is 0 Å². The van der Waals surface area contributed by atoms with Crippen LogP contribution in [0.25, 0.3) is 0 Å². The molecule has 0 bridgehead atoms. The summed E-state index contributed by atoms with van der Waals surface area (Å²) in [5.74, 6) is -0.310. The van der Waals surface area contributed by atoms with E-state index in [0.29, 0.717) is 12.2 Å². The topological polar surface area (TPSA) is 79.3 Å². The van der Waals surface area contributed by atoms with Crippen molar-refractivity contribution < 1.29 is 14.7 Å². The van der Waals surface area contributed by atoms with Crippen LogP contribution in [0.15, 0.2) is 22.8 Å². The summed E-state index contributed by atoms with van der Waals surface area (Å²) in [5, 5.41) is 11.8. The third-order valence-electron chi connectivity index (χ3n) is 2.74. The van der Waals surface area contributed by atoms with E-state index in [2.05, 4.69) is 26.2 Å². The van der Waals surface area contributed by atoms with E-state index in [1.54, 1.807) is 12.1 Å². The standard InChI is InChI=1S/C11H11BrN2O3S/c12-7-1-2-8(13-5-7)9(15)14-11(10(16)17)3-4-18-6-11/h1-2,5H,3-4,6H2,(H,14,15)(H,16,17)/t11-/m0/s1. The van der Waals surface area contributed by atoms with E-state index in [9.17, 15) is 14.7 Å². The highest BCUT2D eigenvalue weighted by Gasteiger charge is 2.43. The summed E-state index contributed by atoms with van der Waals surface area (Å²) in [7, 11) is 0. The largest absolute Gasteiger partial charge is 0.479 e. The van der Waals surface area contributed by atoms with Gasteiger partial charge < -0.3 is 10.4 Å². The number of amides is 1. The number of pyridine rings is 1. The average Bonchev–Trinajstić information content (AvgIpc) is 2.79. The van der Waals surface area contributed by atoms with E-state index in [1.807, 2.05) is 0 Å².